The number of carbonyl (C=O) groups is 1. The first-order valence-corrected chi connectivity index (χ1v) is 12.9. The van der Waals surface area contributed by atoms with Crippen LogP contribution < -0.4 is 10.2 Å². The van der Waals surface area contributed by atoms with E-state index in [0.29, 0.717) is 25.1 Å². The summed E-state index contributed by atoms with van der Waals surface area (Å²) >= 11 is 0. The Morgan fingerprint density at radius 1 is 1.20 bits per heavy atom. The Bertz CT molecular complexity index is 1690. The molecule has 1 saturated heterocycles. The molecule has 1 aliphatic rings. The zero-order valence-corrected chi connectivity index (χ0v) is 22.5. The maximum absolute atomic E-state index is 13.4. The number of halogens is 3. The van der Waals surface area contributed by atoms with Gasteiger partial charge in [0.25, 0.3) is 0 Å². The second kappa shape index (κ2) is 10.7. The van der Waals surface area contributed by atoms with Gasteiger partial charge < -0.3 is 24.3 Å². The molecule has 1 fully saturated rings. The summed E-state index contributed by atoms with van der Waals surface area (Å²) in [6, 6.07) is 11.0. The van der Waals surface area contributed by atoms with Crippen molar-refractivity contribution < 1.29 is 37.3 Å². The normalized spacial score (nSPS) is 18.1. The van der Waals surface area contributed by atoms with Gasteiger partial charge in [-0.15, -0.1) is 0 Å². The van der Waals surface area contributed by atoms with Crippen LogP contribution in [0.3, 0.4) is 0 Å². The summed E-state index contributed by atoms with van der Waals surface area (Å²) < 4.78 is 51.5. The Morgan fingerprint density at radius 2 is 1.95 bits per heavy atom. The van der Waals surface area contributed by atoms with Crippen molar-refractivity contribution in [2.75, 3.05) is 20.1 Å². The van der Waals surface area contributed by atoms with Gasteiger partial charge in [-0.3, -0.25) is 9.48 Å². The van der Waals surface area contributed by atoms with E-state index in [0.717, 1.165) is 29.1 Å². The molecule has 3 heterocycles. The zero-order chi connectivity index (χ0) is 29.6. The number of esters is 1. The van der Waals surface area contributed by atoms with Gasteiger partial charge in [0.05, 0.1) is 18.3 Å². The number of alkyl halides is 3. The van der Waals surface area contributed by atoms with Crippen LogP contribution in [-0.4, -0.2) is 63.3 Å². The molecule has 0 bridgehead atoms. The molecule has 2 N–H and O–H groups in total. The molecular formula is C29H28F3N3O6. The first-order chi connectivity index (χ1) is 19.3. The van der Waals surface area contributed by atoms with Gasteiger partial charge in [-0.1, -0.05) is 18.2 Å². The van der Waals surface area contributed by atoms with Crippen LogP contribution in [0, 0.1) is 13.8 Å². The smallest absolute Gasteiger partial charge is 0.491 e. The van der Waals surface area contributed by atoms with Crippen molar-refractivity contribution in [3.8, 4) is 22.8 Å². The Labute approximate surface area is 232 Å². The van der Waals surface area contributed by atoms with Crippen LogP contribution in [0.1, 0.15) is 34.9 Å². The molecule has 2 aromatic carbocycles. The van der Waals surface area contributed by atoms with E-state index in [9.17, 15) is 33.0 Å². The molecule has 1 aliphatic heterocycles. The van der Waals surface area contributed by atoms with Gasteiger partial charge in [-0.2, -0.15) is 18.3 Å². The number of ether oxygens (including phenoxy) is 1. The standard InChI is InChI=1S/C29H28F3N3O6/c1-15-9-16(2)35(33-15)13-17-5-4-6-18(10-17)23-11-21(37)26-24(41-28(39)29(30,31)32)12-20(36)25(27(26)40-23)19-7-8-34(3)14-22(19)38/h4-6,9-12,19,22,36,38H,7-8,13-14H2,1-3H3/t19-,22+/m0/s1. The maximum atomic E-state index is 13.4. The maximum Gasteiger partial charge on any atom is 0.491 e. The number of hydrogen-bond donors (Lipinski definition) is 2. The van der Waals surface area contributed by atoms with Crippen LogP contribution in [0.4, 0.5) is 13.2 Å². The number of hydrogen-bond acceptors (Lipinski definition) is 8. The molecule has 2 atom stereocenters. The third-order valence-corrected chi connectivity index (χ3v) is 7.22. The van der Waals surface area contributed by atoms with Crippen molar-refractivity contribution in [2.45, 2.75) is 45.0 Å². The molecule has 0 aliphatic carbocycles. The van der Waals surface area contributed by atoms with E-state index in [-0.39, 0.29) is 23.5 Å². The van der Waals surface area contributed by atoms with Crippen LogP contribution >= 0.6 is 0 Å². The van der Waals surface area contributed by atoms with Gasteiger partial charge in [-0.25, -0.2) is 4.79 Å². The highest BCUT2D eigenvalue weighted by Crippen LogP contribution is 2.43. The summed E-state index contributed by atoms with van der Waals surface area (Å²) in [5.74, 6) is -4.51. The lowest BCUT2D eigenvalue weighted by molar-refractivity contribution is -0.189. The number of carbonyl (C=O) groups excluding carboxylic acids is 1. The van der Waals surface area contributed by atoms with Crippen LogP contribution in [0.15, 0.2) is 51.7 Å². The topological polar surface area (TPSA) is 118 Å². The van der Waals surface area contributed by atoms with Gasteiger partial charge in [0.1, 0.15) is 28.2 Å². The fraction of sp³-hybridized carbons (Fsp3) is 0.345. The fourth-order valence-corrected chi connectivity index (χ4v) is 5.30. The SMILES string of the molecule is Cc1cc(C)n(Cc2cccc(-c3cc(=O)c4c(OC(=O)C(F)(F)F)cc(O)c([C@H]5CCN(C)C[C@H]5O)c4o3)c2)n1. The minimum Gasteiger partial charge on any atom is -0.507 e. The minimum absolute atomic E-state index is 0.0603. The molecule has 0 spiro atoms. The van der Waals surface area contributed by atoms with Gasteiger partial charge >= 0.3 is 12.1 Å². The summed E-state index contributed by atoms with van der Waals surface area (Å²) in [6.07, 6.45) is -5.94. The third kappa shape index (κ3) is 5.70. The number of aromatic hydroxyl groups is 1. The number of rotatable bonds is 5. The molecule has 0 unspecified atom stereocenters. The molecule has 2 aromatic heterocycles. The van der Waals surface area contributed by atoms with Crippen molar-refractivity contribution in [1.29, 1.82) is 0 Å². The van der Waals surface area contributed by atoms with E-state index in [1.165, 1.54) is 0 Å². The number of phenolic OH excluding ortho intramolecular Hbond substituents is 1. The molecule has 41 heavy (non-hydrogen) atoms. The molecule has 9 nitrogen and oxygen atoms in total. The molecule has 0 amide bonds. The summed E-state index contributed by atoms with van der Waals surface area (Å²) in [5.41, 5.74) is 2.19. The van der Waals surface area contributed by atoms with Gasteiger partial charge in [0.15, 0.2) is 5.43 Å². The number of nitrogens with zero attached hydrogens (tertiary/aromatic N) is 3. The number of likely N-dealkylation sites (N-methyl/N-ethyl adjacent to an activating group) is 1. The summed E-state index contributed by atoms with van der Waals surface area (Å²) in [5, 5.41) is 25.8. The monoisotopic (exact) mass is 571 g/mol. The van der Waals surface area contributed by atoms with Crippen molar-refractivity contribution in [1.82, 2.24) is 14.7 Å². The van der Waals surface area contributed by atoms with Crippen molar-refractivity contribution in [3.63, 3.8) is 0 Å². The lowest BCUT2D eigenvalue weighted by atomic mass is 9.85. The second-order valence-corrected chi connectivity index (χ2v) is 10.4. The molecule has 12 heteroatoms. The number of aliphatic hydroxyl groups is 1. The van der Waals surface area contributed by atoms with Crippen molar-refractivity contribution in [3.05, 3.63) is 75.2 Å². The average molecular weight is 572 g/mol. The van der Waals surface area contributed by atoms with Gasteiger partial charge in [0, 0.05) is 41.4 Å². The van der Waals surface area contributed by atoms with E-state index in [1.807, 2.05) is 42.6 Å². The lowest BCUT2D eigenvalue weighted by Crippen LogP contribution is -2.40. The van der Waals surface area contributed by atoms with E-state index < -0.39 is 46.5 Å². The fourth-order valence-electron chi connectivity index (χ4n) is 5.30. The lowest BCUT2D eigenvalue weighted by Gasteiger charge is -2.34. The molecule has 0 radical (unpaired) electrons. The number of β-amino-alcohol motifs (C(OH)–C–C–N with tert-alkyl or cyclic N) is 1. The average Bonchev–Trinajstić information content (AvgIpc) is 3.20. The number of likely N-dealkylation sites (tertiary alicyclic amines) is 1. The van der Waals surface area contributed by atoms with Crippen LogP contribution in [0.5, 0.6) is 11.5 Å². The predicted octanol–water partition coefficient (Wildman–Crippen LogP) is 4.27. The Balaban J connectivity index is 1.67. The minimum atomic E-state index is -5.34. The highest BCUT2D eigenvalue weighted by molar-refractivity contribution is 5.92. The largest absolute Gasteiger partial charge is 0.507 e. The van der Waals surface area contributed by atoms with E-state index in [4.69, 9.17) is 4.42 Å². The third-order valence-electron chi connectivity index (χ3n) is 7.22. The molecule has 216 valence electrons. The molecule has 4 aromatic rings. The van der Waals surface area contributed by atoms with Crippen LogP contribution in [-0.2, 0) is 11.3 Å². The Hall–Kier alpha value is -4.16. The second-order valence-electron chi connectivity index (χ2n) is 10.4. The highest BCUT2D eigenvalue weighted by atomic mass is 19.4. The Morgan fingerprint density at radius 3 is 2.61 bits per heavy atom. The summed E-state index contributed by atoms with van der Waals surface area (Å²) in [7, 11) is 1.81. The summed E-state index contributed by atoms with van der Waals surface area (Å²) in [4.78, 5) is 27.0. The highest BCUT2D eigenvalue weighted by Gasteiger charge is 2.42. The van der Waals surface area contributed by atoms with Gasteiger partial charge in [0.2, 0.25) is 0 Å². The number of aromatic nitrogens is 2. The predicted molar refractivity (Wildman–Crippen MR) is 143 cm³/mol. The zero-order valence-electron chi connectivity index (χ0n) is 22.5. The molecule has 5 rings (SSSR count). The summed E-state index contributed by atoms with van der Waals surface area (Å²) in [6.45, 7) is 5.07. The van der Waals surface area contributed by atoms with Gasteiger partial charge in [-0.05, 0) is 51.6 Å². The number of aryl methyl sites for hydroxylation is 2. The number of fused-ring (bicyclic) bond motifs is 1. The molecule has 0 saturated carbocycles. The van der Waals surface area contributed by atoms with Crippen LogP contribution in [0.2, 0.25) is 0 Å². The van der Waals surface area contributed by atoms with E-state index in [1.54, 1.807) is 18.2 Å². The molecular weight excluding hydrogens is 543 g/mol. The van der Waals surface area contributed by atoms with Crippen molar-refractivity contribution in [2.24, 2.45) is 0 Å². The Kier molecular flexibility index (Phi) is 7.39. The first-order valence-electron chi connectivity index (χ1n) is 12.9. The number of benzene rings is 2. The quantitative estimate of drug-likeness (QED) is 0.269. The number of aliphatic hydroxyl groups excluding tert-OH is 1. The van der Waals surface area contributed by atoms with E-state index in [2.05, 4.69) is 9.84 Å². The number of phenols is 1. The van der Waals surface area contributed by atoms with Crippen molar-refractivity contribution >= 4 is 16.9 Å². The number of piperidine rings is 1. The first kappa shape index (κ1) is 28.4. The van der Waals surface area contributed by atoms with Crippen LogP contribution in [0.25, 0.3) is 22.3 Å². The van der Waals surface area contributed by atoms with E-state index >= 15 is 0 Å².